The van der Waals surface area contributed by atoms with Crippen molar-refractivity contribution in [3.05, 3.63) is 95.6 Å². The molecule has 0 spiro atoms. The maximum atomic E-state index is 14.0. The zero-order valence-corrected chi connectivity index (χ0v) is 24.0. The highest BCUT2D eigenvalue weighted by Gasteiger charge is 2.33. The van der Waals surface area contributed by atoms with Crippen LogP contribution in [0.4, 0.5) is 5.69 Å². The summed E-state index contributed by atoms with van der Waals surface area (Å²) >= 11 is 0. The van der Waals surface area contributed by atoms with Crippen molar-refractivity contribution in [3.8, 4) is 5.75 Å². The molecule has 0 aromatic heterocycles. The van der Waals surface area contributed by atoms with Crippen LogP contribution in [0.15, 0.2) is 78.9 Å². The summed E-state index contributed by atoms with van der Waals surface area (Å²) in [5.74, 6) is 0.949. The summed E-state index contributed by atoms with van der Waals surface area (Å²) in [5, 5.41) is 0. The van der Waals surface area contributed by atoms with E-state index in [2.05, 4.69) is 57.2 Å². The van der Waals surface area contributed by atoms with E-state index in [9.17, 15) is 4.79 Å². The number of carbonyl (C=O) groups excluding carboxylic acids is 1. The molecule has 0 N–H and O–H groups in total. The second-order valence-electron chi connectivity index (χ2n) is 11.0. The Hall–Kier alpha value is -3.35. The number of methoxy groups -OCH3 is 2. The van der Waals surface area contributed by atoms with E-state index in [0.29, 0.717) is 0 Å². The van der Waals surface area contributed by atoms with Crippen molar-refractivity contribution >= 4 is 11.6 Å². The zero-order valence-electron chi connectivity index (χ0n) is 24.0. The lowest BCUT2D eigenvalue weighted by Gasteiger charge is -2.38. The van der Waals surface area contributed by atoms with E-state index >= 15 is 0 Å². The minimum absolute atomic E-state index is 0.0709. The van der Waals surface area contributed by atoms with Gasteiger partial charge in [0.25, 0.3) is 5.91 Å². The van der Waals surface area contributed by atoms with E-state index in [0.717, 1.165) is 82.7 Å². The Morgan fingerprint density at radius 3 is 2.33 bits per heavy atom. The zero-order chi connectivity index (χ0) is 27.7. The minimum Gasteiger partial charge on any atom is -0.497 e. The van der Waals surface area contributed by atoms with Gasteiger partial charge in [0.05, 0.1) is 7.11 Å². The number of para-hydroxylation sites is 1. The van der Waals surface area contributed by atoms with Gasteiger partial charge in [-0.25, -0.2) is 0 Å². The van der Waals surface area contributed by atoms with E-state index in [-0.39, 0.29) is 11.9 Å². The normalized spacial score (nSPS) is 18.1. The lowest BCUT2D eigenvalue weighted by Crippen LogP contribution is -2.47. The Bertz CT molecular complexity index is 1210. The Morgan fingerprint density at radius 1 is 0.900 bits per heavy atom. The Morgan fingerprint density at radius 2 is 1.62 bits per heavy atom. The summed E-state index contributed by atoms with van der Waals surface area (Å²) < 4.78 is 11.3. The maximum absolute atomic E-state index is 14.0. The van der Waals surface area contributed by atoms with Gasteiger partial charge < -0.3 is 19.3 Å². The van der Waals surface area contributed by atoms with Gasteiger partial charge in [-0.2, -0.15) is 0 Å². The van der Waals surface area contributed by atoms with Crippen molar-refractivity contribution in [1.82, 2.24) is 9.80 Å². The summed E-state index contributed by atoms with van der Waals surface area (Å²) in [6.07, 6.45) is 4.27. The fourth-order valence-electron chi connectivity index (χ4n) is 6.22. The number of fused-ring (bicyclic) bond motifs is 1. The highest BCUT2D eigenvalue weighted by atomic mass is 16.5. The fourth-order valence-corrected chi connectivity index (χ4v) is 6.22. The van der Waals surface area contributed by atoms with Gasteiger partial charge in [0.1, 0.15) is 5.75 Å². The second kappa shape index (κ2) is 13.8. The van der Waals surface area contributed by atoms with Crippen molar-refractivity contribution < 1.29 is 14.3 Å². The van der Waals surface area contributed by atoms with Gasteiger partial charge in [0, 0.05) is 51.6 Å². The molecule has 6 heteroatoms. The van der Waals surface area contributed by atoms with Crippen LogP contribution in [0.25, 0.3) is 0 Å². The molecule has 1 saturated heterocycles. The molecule has 3 aromatic carbocycles. The molecule has 6 nitrogen and oxygen atoms in total. The molecule has 2 aliphatic rings. The molecule has 3 aromatic rings. The molecule has 0 bridgehead atoms. The van der Waals surface area contributed by atoms with Crippen LogP contribution in [0, 0.1) is 0 Å². The first kappa shape index (κ1) is 28.2. The maximum Gasteiger partial charge on any atom is 0.256 e. The number of hydrogen-bond donors (Lipinski definition) is 0. The second-order valence-corrected chi connectivity index (χ2v) is 11.0. The summed E-state index contributed by atoms with van der Waals surface area (Å²) in [6.45, 7) is 6.11. The number of aryl methyl sites for hydroxylation is 1. The van der Waals surface area contributed by atoms with Gasteiger partial charge in [0.15, 0.2) is 6.10 Å². The first-order valence-electron chi connectivity index (χ1n) is 14.7. The molecule has 1 aliphatic heterocycles. The van der Waals surface area contributed by atoms with E-state index in [4.69, 9.17) is 9.47 Å². The topological polar surface area (TPSA) is 45.2 Å². The minimum atomic E-state index is -0.584. The first-order valence-corrected chi connectivity index (χ1v) is 14.7. The molecule has 0 unspecified atom stereocenters. The summed E-state index contributed by atoms with van der Waals surface area (Å²) in [4.78, 5) is 21.2. The molecule has 1 fully saturated rings. The summed E-state index contributed by atoms with van der Waals surface area (Å²) in [5.41, 5.74) is 4.88. The van der Waals surface area contributed by atoms with Crippen LogP contribution in [-0.4, -0.2) is 75.2 Å². The fraction of sp³-hybridized carbons (Fsp3) is 0.441. The highest BCUT2D eigenvalue weighted by Crippen LogP contribution is 2.30. The standard InChI is InChI=1S/C34H43N3O3/c1-39-32-18-16-27-15-17-31(25-29(27)26-32)37(34(38)33(40-2)28-11-5-3-6-12-28)20-10-9-19-35-21-23-36(24-22-35)30-13-7-4-8-14-30/h3-8,11-14,16,18,26,31,33H,9-10,15,17,19-25H2,1-2H3/t31-,33-/m0/s1. The van der Waals surface area contributed by atoms with Crippen LogP contribution in [0.3, 0.4) is 0 Å². The van der Waals surface area contributed by atoms with Gasteiger partial charge >= 0.3 is 0 Å². The van der Waals surface area contributed by atoms with Crippen molar-refractivity contribution in [3.63, 3.8) is 0 Å². The van der Waals surface area contributed by atoms with Gasteiger partial charge in [-0.15, -0.1) is 0 Å². The third-order valence-corrected chi connectivity index (χ3v) is 8.52. The van der Waals surface area contributed by atoms with Crippen molar-refractivity contribution in [2.45, 2.75) is 44.2 Å². The monoisotopic (exact) mass is 541 g/mol. The molecule has 40 heavy (non-hydrogen) atoms. The molecule has 5 rings (SSSR count). The first-order chi connectivity index (χ1) is 19.7. The average molecular weight is 542 g/mol. The van der Waals surface area contributed by atoms with E-state index in [1.54, 1.807) is 14.2 Å². The largest absolute Gasteiger partial charge is 0.497 e. The molecule has 0 radical (unpaired) electrons. The molecule has 1 heterocycles. The predicted molar refractivity (Wildman–Crippen MR) is 161 cm³/mol. The number of carbonyl (C=O) groups is 1. The predicted octanol–water partition coefficient (Wildman–Crippen LogP) is 5.37. The smallest absolute Gasteiger partial charge is 0.256 e. The molecular weight excluding hydrogens is 498 g/mol. The molecule has 1 amide bonds. The van der Waals surface area contributed by atoms with Crippen LogP contribution in [0.5, 0.6) is 5.75 Å². The van der Waals surface area contributed by atoms with Gasteiger partial charge in [-0.1, -0.05) is 54.6 Å². The Labute approximate surface area is 239 Å². The third kappa shape index (κ3) is 6.86. The number of nitrogens with zero attached hydrogens (tertiary/aromatic N) is 3. The van der Waals surface area contributed by atoms with Gasteiger partial charge in [0.2, 0.25) is 0 Å². The Kier molecular flexibility index (Phi) is 9.74. The Balaban J connectivity index is 1.21. The number of piperazine rings is 1. The third-order valence-electron chi connectivity index (χ3n) is 8.52. The number of rotatable bonds is 11. The molecular formula is C34H43N3O3. The lowest BCUT2D eigenvalue weighted by molar-refractivity contribution is -0.145. The van der Waals surface area contributed by atoms with Crippen molar-refractivity contribution in [1.29, 1.82) is 0 Å². The SMILES string of the molecule is COc1ccc2c(c1)C[C@@H](N(CCCCN1CCN(c3ccccc3)CC1)C(=O)[C@@H](OC)c1ccccc1)CC2. The number of hydrogen-bond acceptors (Lipinski definition) is 5. The number of ether oxygens (including phenoxy) is 2. The number of amides is 1. The summed E-state index contributed by atoms with van der Waals surface area (Å²) in [7, 11) is 3.35. The summed E-state index contributed by atoms with van der Waals surface area (Å²) in [6, 6.07) is 27.1. The van der Waals surface area contributed by atoms with Crippen molar-refractivity contribution in [2.75, 3.05) is 58.4 Å². The average Bonchev–Trinajstić information content (AvgIpc) is 3.02. The molecule has 2 atom stereocenters. The van der Waals surface area contributed by atoms with Gasteiger partial charge in [-0.05, 0) is 79.6 Å². The highest BCUT2D eigenvalue weighted by molar-refractivity contribution is 5.82. The molecule has 0 saturated carbocycles. The lowest BCUT2D eigenvalue weighted by atomic mass is 9.86. The van der Waals surface area contributed by atoms with E-state index in [1.807, 2.05) is 36.4 Å². The quantitative estimate of drug-likeness (QED) is 0.306. The molecule has 212 valence electrons. The number of unbranched alkanes of at least 4 members (excludes halogenated alkanes) is 1. The van der Waals surface area contributed by atoms with E-state index < -0.39 is 6.10 Å². The van der Waals surface area contributed by atoms with Crippen LogP contribution in [-0.2, 0) is 22.4 Å². The number of anilines is 1. The van der Waals surface area contributed by atoms with Crippen molar-refractivity contribution in [2.24, 2.45) is 0 Å². The molecule has 1 aliphatic carbocycles. The van der Waals surface area contributed by atoms with E-state index in [1.165, 1.54) is 16.8 Å². The van der Waals surface area contributed by atoms with Crippen LogP contribution < -0.4 is 9.64 Å². The number of benzene rings is 3. The van der Waals surface area contributed by atoms with Crippen LogP contribution in [0.1, 0.15) is 42.1 Å². The van der Waals surface area contributed by atoms with Crippen LogP contribution in [0.2, 0.25) is 0 Å². The van der Waals surface area contributed by atoms with Gasteiger partial charge in [-0.3, -0.25) is 9.69 Å². The van der Waals surface area contributed by atoms with Crippen LogP contribution >= 0.6 is 0 Å².